The Bertz CT molecular complexity index is 1080. The van der Waals surface area contributed by atoms with Gasteiger partial charge in [-0.25, -0.2) is 4.39 Å². The minimum Gasteiger partial charge on any atom is -0.458 e. The molecule has 0 bridgehead atoms. The Morgan fingerprint density at radius 1 is 1.07 bits per heavy atom. The first-order chi connectivity index (χ1) is 22.3. The van der Waals surface area contributed by atoms with Crippen molar-refractivity contribution < 1.29 is 13.9 Å². The highest BCUT2D eigenvalue weighted by molar-refractivity contribution is 5.82. The average Bonchev–Trinajstić information content (AvgIpc) is 3.06. The topological polar surface area (TPSA) is 126 Å². The Morgan fingerprint density at radius 2 is 1.78 bits per heavy atom. The van der Waals surface area contributed by atoms with Crippen LogP contribution in [-0.4, -0.2) is 49.5 Å². The maximum Gasteiger partial charge on any atom is 0.231 e. The third kappa shape index (κ3) is 9.36. The van der Waals surface area contributed by atoms with Gasteiger partial charge in [0.1, 0.15) is 17.7 Å². The number of carbonyl (C=O) groups is 1. The number of rotatable bonds is 11. The number of ether oxygens (including phenoxy) is 1. The van der Waals surface area contributed by atoms with Gasteiger partial charge in [-0.3, -0.25) is 4.79 Å². The Morgan fingerprint density at radius 3 is 2.43 bits per heavy atom. The van der Waals surface area contributed by atoms with Gasteiger partial charge in [0, 0.05) is 37.8 Å². The van der Waals surface area contributed by atoms with E-state index in [-0.39, 0.29) is 30.0 Å². The van der Waals surface area contributed by atoms with Gasteiger partial charge < -0.3 is 37.5 Å². The molecule has 3 heterocycles. The first-order valence-electron chi connectivity index (χ1n) is 18.7. The molecule has 6 atom stereocenters. The zero-order valence-electron chi connectivity index (χ0n) is 28.6. The lowest BCUT2D eigenvalue weighted by molar-refractivity contribution is -0.126. The van der Waals surface area contributed by atoms with Crippen LogP contribution in [0.25, 0.3) is 0 Å². The zero-order valence-corrected chi connectivity index (χ0v) is 28.6. The van der Waals surface area contributed by atoms with Crippen molar-refractivity contribution in [2.45, 2.75) is 153 Å². The molecule has 5 rings (SSSR count). The van der Waals surface area contributed by atoms with Crippen molar-refractivity contribution in [3.63, 3.8) is 0 Å². The molecular formula is C37H63FN6O2. The number of nitrogens with two attached hydrogens (primary N) is 2. The molecule has 3 aliphatic heterocycles. The molecule has 8 N–H and O–H groups in total. The van der Waals surface area contributed by atoms with Gasteiger partial charge in [-0.1, -0.05) is 71.3 Å². The second-order valence-corrected chi connectivity index (χ2v) is 15.4. The smallest absolute Gasteiger partial charge is 0.231 e. The summed E-state index contributed by atoms with van der Waals surface area (Å²) in [6.07, 6.45) is 22.8. The van der Waals surface area contributed by atoms with Crippen LogP contribution in [0.3, 0.4) is 0 Å². The summed E-state index contributed by atoms with van der Waals surface area (Å²) >= 11 is 0. The molecule has 8 nitrogen and oxygen atoms in total. The molecule has 5 aliphatic rings. The van der Waals surface area contributed by atoms with E-state index >= 15 is 0 Å². The van der Waals surface area contributed by atoms with Crippen molar-refractivity contribution in [1.82, 2.24) is 21.3 Å². The highest BCUT2D eigenvalue weighted by atomic mass is 19.1. The quantitative estimate of drug-likeness (QED) is 0.158. The molecule has 0 aromatic carbocycles. The van der Waals surface area contributed by atoms with Crippen molar-refractivity contribution in [3.05, 3.63) is 35.6 Å². The minimum atomic E-state index is -0.953. The molecule has 1 saturated heterocycles. The van der Waals surface area contributed by atoms with E-state index in [9.17, 15) is 9.18 Å². The van der Waals surface area contributed by atoms with E-state index in [1.54, 1.807) is 0 Å². The molecule has 1 amide bonds. The number of allylic oxidation sites excluding steroid dienone is 1. The van der Waals surface area contributed by atoms with E-state index in [1.165, 1.54) is 51.4 Å². The van der Waals surface area contributed by atoms with Crippen LogP contribution >= 0.6 is 0 Å². The molecule has 9 heteroatoms. The number of nitrogens with one attached hydrogen (secondary N) is 4. The molecule has 0 spiro atoms. The number of amides is 1. The predicted octanol–water partition coefficient (Wildman–Crippen LogP) is 5.76. The van der Waals surface area contributed by atoms with Gasteiger partial charge in [0.15, 0.2) is 0 Å². The van der Waals surface area contributed by atoms with Gasteiger partial charge in [-0.2, -0.15) is 0 Å². The van der Waals surface area contributed by atoms with Crippen LogP contribution in [-0.2, 0) is 9.53 Å². The normalized spacial score (nSPS) is 32.7. The molecule has 5 unspecified atom stereocenters. The molecule has 0 radical (unpaired) electrons. The van der Waals surface area contributed by atoms with Gasteiger partial charge in [-0.15, -0.1) is 0 Å². The SMILES string of the molecule is CCCC[C@]1(C)CCC(F)CNC(C(C(=O)NC2=C(OC3=CNC(C4CCCCC4)C=C3)CCNC2C2CCCCC2)C(N)N)C1. The van der Waals surface area contributed by atoms with E-state index in [0.717, 1.165) is 68.7 Å². The number of unbranched alkanes of at least 4 members (excludes halogenated alkanes) is 1. The molecule has 0 aromatic rings. The lowest BCUT2D eigenvalue weighted by Gasteiger charge is -2.41. The van der Waals surface area contributed by atoms with Crippen LogP contribution in [0.15, 0.2) is 35.6 Å². The van der Waals surface area contributed by atoms with E-state index in [1.807, 2.05) is 6.20 Å². The van der Waals surface area contributed by atoms with Crippen molar-refractivity contribution >= 4 is 5.91 Å². The van der Waals surface area contributed by atoms with Crippen LogP contribution in [0.4, 0.5) is 4.39 Å². The second-order valence-electron chi connectivity index (χ2n) is 15.4. The van der Waals surface area contributed by atoms with Crippen LogP contribution in [0.1, 0.15) is 123 Å². The standard InChI is InChI=1S/C37H63FN6O2/c1-3-4-19-37(2)20-17-27(38)23-42-30(22-37)32(35(39)40)36(45)44-34-31(18-21-41-33(34)26-13-9-6-10-14-26)46-28-15-16-29(43-24-28)25-11-7-5-8-12-25/h15-16,24-27,29-30,32-33,35,41-43H,3-14,17-23,39-40H2,1-2H3,(H,44,45)/t27?,29?,30?,32?,33?,37-/m1/s1. The monoisotopic (exact) mass is 642 g/mol. The number of carbonyl (C=O) groups excluding carboxylic acids is 1. The van der Waals surface area contributed by atoms with Gasteiger partial charge in [0.05, 0.1) is 23.8 Å². The summed E-state index contributed by atoms with van der Waals surface area (Å²) in [6.45, 7) is 5.43. The van der Waals surface area contributed by atoms with Gasteiger partial charge in [-0.05, 0) is 74.7 Å². The fourth-order valence-electron chi connectivity index (χ4n) is 8.87. The Kier molecular flexibility index (Phi) is 13.0. The summed E-state index contributed by atoms with van der Waals surface area (Å²) in [7, 11) is 0. The van der Waals surface area contributed by atoms with Crippen LogP contribution in [0.2, 0.25) is 0 Å². The first kappa shape index (κ1) is 35.4. The molecule has 0 aromatic heterocycles. The van der Waals surface area contributed by atoms with E-state index < -0.39 is 18.3 Å². The van der Waals surface area contributed by atoms with Crippen LogP contribution < -0.4 is 32.7 Å². The largest absolute Gasteiger partial charge is 0.458 e. The molecule has 46 heavy (non-hydrogen) atoms. The number of dihydropyridines is 1. The molecule has 2 saturated carbocycles. The Hall–Kier alpha value is -1.94. The zero-order chi connectivity index (χ0) is 32.5. The van der Waals surface area contributed by atoms with Crippen LogP contribution in [0, 0.1) is 23.2 Å². The summed E-state index contributed by atoms with van der Waals surface area (Å²) < 4.78 is 21.5. The van der Waals surface area contributed by atoms with Crippen LogP contribution in [0.5, 0.6) is 0 Å². The predicted molar refractivity (Wildman–Crippen MR) is 184 cm³/mol. The van der Waals surface area contributed by atoms with E-state index in [0.29, 0.717) is 30.7 Å². The van der Waals surface area contributed by atoms with Crippen molar-refractivity contribution in [2.24, 2.45) is 34.6 Å². The lowest BCUT2D eigenvalue weighted by Crippen LogP contribution is -2.59. The maximum atomic E-state index is 14.9. The number of hydrogen-bond donors (Lipinski definition) is 6. The van der Waals surface area contributed by atoms with Gasteiger partial charge >= 0.3 is 0 Å². The molecular weight excluding hydrogens is 579 g/mol. The van der Waals surface area contributed by atoms with Crippen molar-refractivity contribution in [1.29, 1.82) is 0 Å². The fourth-order valence-corrected chi connectivity index (χ4v) is 8.87. The Labute approximate surface area is 277 Å². The van der Waals surface area contributed by atoms with Crippen molar-refractivity contribution in [3.8, 4) is 0 Å². The number of alkyl halides is 1. The maximum absolute atomic E-state index is 14.9. The summed E-state index contributed by atoms with van der Waals surface area (Å²) in [5, 5.41) is 14.1. The Balaban J connectivity index is 1.37. The minimum absolute atomic E-state index is 0.00546. The highest BCUT2D eigenvalue weighted by Crippen LogP contribution is 2.39. The molecule has 3 fully saturated rings. The third-order valence-electron chi connectivity index (χ3n) is 11.7. The summed E-state index contributed by atoms with van der Waals surface area (Å²) in [6, 6.07) is 0.0212. The first-order valence-corrected chi connectivity index (χ1v) is 18.7. The molecule has 260 valence electrons. The fraction of sp³-hybridized carbons (Fsp3) is 0.811. The third-order valence-corrected chi connectivity index (χ3v) is 11.7. The van der Waals surface area contributed by atoms with Gasteiger partial charge in [0.2, 0.25) is 5.91 Å². The van der Waals surface area contributed by atoms with E-state index in [4.69, 9.17) is 16.2 Å². The average molecular weight is 643 g/mol. The summed E-state index contributed by atoms with van der Waals surface area (Å²) in [5.74, 6) is 1.76. The highest BCUT2D eigenvalue weighted by Gasteiger charge is 2.41. The second kappa shape index (κ2) is 16.9. The summed E-state index contributed by atoms with van der Waals surface area (Å²) in [4.78, 5) is 14.4. The number of hydrogen-bond acceptors (Lipinski definition) is 7. The van der Waals surface area contributed by atoms with Crippen molar-refractivity contribution in [2.75, 3.05) is 13.1 Å². The number of halogens is 1. The van der Waals surface area contributed by atoms with Gasteiger partial charge in [0.25, 0.3) is 0 Å². The lowest BCUT2D eigenvalue weighted by atomic mass is 9.71. The molecule has 2 aliphatic carbocycles. The summed E-state index contributed by atoms with van der Waals surface area (Å²) in [5.41, 5.74) is 13.6. The van der Waals surface area contributed by atoms with E-state index in [2.05, 4.69) is 47.3 Å².